The van der Waals surface area contributed by atoms with E-state index in [2.05, 4.69) is 25.0 Å². The summed E-state index contributed by atoms with van der Waals surface area (Å²) in [4.78, 5) is 23.2. The first-order chi connectivity index (χ1) is 8.70. The number of pyridine rings is 1. The number of carbonyl (C=O) groups excluding carboxylic acids is 1. The molecule has 0 atom stereocenters. The molecule has 92 valence electrons. The van der Waals surface area contributed by atoms with E-state index in [0.29, 0.717) is 11.5 Å². The third-order valence-electron chi connectivity index (χ3n) is 2.17. The van der Waals surface area contributed by atoms with Gasteiger partial charge >= 0.3 is 5.97 Å². The molecule has 0 saturated carbocycles. The Balaban J connectivity index is 2.27. The number of nitrogens with zero attached hydrogens (tertiary/aromatic N) is 3. The van der Waals surface area contributed by atoms with Gasteiger partial charge in [0.25, 0.3) is 0 Å². The lowest BCUT2D eigenvalue weighted by Gasteiger charge is -2.07. The van der Waals surface area contributed by atoms with Crippen LogP contribution in [-0.2, 0) is 4.74 Å². The summed E-state index contributed by atoms with van der Waals surface area (Å²) >= 11 is 0. The molecular weight excluding hydrogens is 234 g/mol. The maximum atomic E-state index is 11.5. The summed E-state index contributed by atoms with van der Waals surface area (Å²) in [5.74, 6) is -0.0540. The smallest absolute Gasteiger partial charge is 0.340 e. The van der Waals surface area contributed by atoms with Crippen LogP contribution in [0.5, 0.6) is 0 Å². The van der Waals surface area contributed by atoms with Crippen molar-refractivity contribution in [1.29, 1.82) is 0 Å². The Morgan fingerprint density at radius 3 is 2.72 bits per heavy atom. The van der Waals surface area contributed by atoms with Gasteiger partial charge in [0.15, 0.2) is 0 Å². The number of hydrogen-bond acceptors (Lipinski definition) is 7. The summed E-state index contributed by atoms with van der Waals surface area (Å²) in [7, 11) is 1.29. The third kappa shape index (κ3) is 2.51. The Hall–Kier alpha value is -2.70. The van der Waals surface area contributed by atoms with E-state index in [0.717, 1.165) is 0 Å². The Morgan fingerprint density at radius 1 is 1.33 bits per heavy atom. The molecule has 7 heteroatoms. The van der Waals surface area contributed by atoms with Gasteiger partial charge in [-0.2, -0.15) is 0 Å². The van der Waals surface area contributed by atoms with Gasteiger partial charge < -0.3 is 15.8 Å². The molecule has 2 aromatic heterocycles. The van der Waals surface area contributed by atoms with Gasteiger partial charge in [-0.05, 0) is 6.07 Å². The summed E-state index contributed by atoms with van der Waals surface area (Å²) < 4.78 is 4.62. The number of anilines is 3. The number of esters is 1. The lowest BCUT2D eigenvalue weighted by atomic mass is 10.2. The van der Waals surface area contributed by atoms with Crippen LogP contribution in [0.3, 0.4) is 0 Å². The highest BCUT2D eigenvalue weighted by Gasteiger charge is 2.11. The van der Waals surface area contributed by atoms with Crippen LogP contribution in [0.15, 0.2) is 31.0 Å². The number of nitrogen functional groups attached to an aromatic ring is 1. The average Bonchev–Trinajstić information content (AvgIpc) is 2.41. The van der Waals surface area contributed by atoms with Crippen molar-refractivity contribution in [3.8, 4) is 0 Å². The molecule has 0 bridgehead atoms. The van der Waals surface area contributed by atoms with Gasteiger partial charge in [-0.3, -0.25) is 0 Å². The Kier molecular flexibility index (Phi) is 3.33. The number of carbonyl (C=O) groups is 1. The molecule has 0 spiro atoms. The normalized spacial score (nSPS) is 9.83. The van der Waals surface area contributed by atoms with Crippen LogP contribution in [0.25, 0.3) is 0 Å². The molecule has 0 amide bonds. The second kappa shape index (κ2) is 5.09. The van der Waals surface area contributed by atoms with E-state index >= 15 is 0 Å². The molecule has 0 aliphatic rings. The molecule has 0 aliphatic carbocycles. The van der Waals surface area contributed by atoms with E-state index < -0.39 is 5.97 Å². The molecule has 2 heterocycles. The maximum Gasteiger partial charge on any atom is 0.340 e. The zero-order valence-electron chi connectivity index (χ0n) is 9.62. The van der Waals surface area contributed by atoms with Gasteiger partial charge in [0, 0.05) is 0 Å². The van der Waals surface area contributed by atoms with E-state index in [9.17, 15) is 4.79 Å². The van der Waals surface area contributed by atoms with E-state index in [-0.39, 0.29) is 11.3 Å². The first kappa shape index (κ1) is 11.8. The largest absolute Gasteiger partial charge is 0.465 e. The lowest BCUT2D eigenvalue weighted by Crippen LogP contribution is -2.07. The second-order valence-corrected chi connectivity index (χ2v) is 3.40. The summed E-state index contributed by atoms with van der Waals surface area (Å²) in [6.45, 7) is 0. The topological polar surface area (TPSA) is 103 Å². The average molecular weight is 245 g/mol. The highest BCUT2D eigenvalue weighted by molar-refractivity contribution is 5.95. The van der Waals surface area contributed by atoms with Crippen LogP contribution < -0.4 is 11.1 Å². The van der Waals surface area contributed by atoms with Gasteiger partial charge in [-0.25, -0.2) is 19.7 Å². The lowest BCUT2D eigenvalue weighted by molar-refractivity contribution is 0.0602. The van der Waals surface area contributed by atoms with Crippen molar-refractivity contribution in [1.82, 2.24) is 15.0 Å². The van der Waals surface area contributed by atoms with Gasteiger partial charge in [0.05, 0.1) is 42.6 Å². The van der Waals surface area contributed by atoms with E-state index in [1.165, 1.54) is 25.7 Å². The number of nitrogens with one attached hydrogen (secondary N) is 1. The van der Waals surface area contributed by atoms with Gasteiger partial charge in [-0.1, -0.05) is 0 Å². The summed E-state index contributed by atoms with van der Waals surface area (Å²) in [6.07, 6.45) is 5.98. The minimum Gasteiger partial charge on any atom is -0.465 e. The highest BCUT2D eigenvalue weighted by atomic mass is 16.5. The zero-order chi connectivity index (χ0) is 13.0. The van der Waals surface area contributed by atoms with E-state index in [1.807, 2.05) is 0 Å². The number of nitrogens with two attached hydrogens (primary N) is 1. The van der Waals surface area contributed by atoms with Crippen LogP contribution in [0.2, 0.25) is 0 Å². The van der Waals surface area contributed by atoms with Crippen LogP contribution in [0.4, 0.5) is 17.2 Å². The Morgan fingerprint density at radius 2 is 2.06 bits per heavy atom. The monoisotopic (exact) mass is 245 g/mol. The first-order valence-corrected chi connectivity index (χ1v) is 5.06. The fourth-order valence-corrected chi connectivity index (χ4v) is 1.33. The molecule has 0 aliphatic heterocycles. The molecule has 2 rings (SSSR count). The minimum atomic E-state index is -0.512. The first-order valence-electron chi connectivity index (χ1n) is 5.06. The summed E-state index contributed by atoms with van der Waals surface area (Å²) in [5.41, 5.74) is 6.82. The van der Waals surface area contributed by atoms with Crippen LogP contribution in [0, 0.1) is 0 Å². The standard InChI is InChI=1S/C11H11N5O2/c1-18-11(17)8-2-10(15-5-9(8)12)16-7-3-13-6-14-4-7/h2-6H,12H2,1H3,(H,15,16). The second-order valence-electron chi connectivity index (χ2n) is 3.40. The highest BCUT2D eigenvalue weighted by Crippen LogP contribution is 2.18. The van der Waals surface area contributed by atoms with Gasteiger partial charge in [-0.15, -0.1) is 0 Å². The molecule has 0 saturated heterocycles. The molecule has 0 aromatic carbocycles. The molecule has 18 heavy (non-hydrogen) atoms. The van der Waals surface area contributed by atoms with Crippen LogP contribution in [-0.4, -0.2) is 28.0 Å². The molecule has 0 radical (unpaired) electrons. The van der Waals surface area contributed by atoms with Crippen molar-refractivity contribution in [3.05, 3.63) is 36.5 Å². The van der Waals surface area contributed by atoms with Crippen molar-refractivity contribution in [2.45, 2.75) is 0 Å². The number of aromatic nitrogens is 3. The van der Waals surface area contributed by atoms with Crippen molar-refractivity contribution in [3.63, 3.8) is 0 Å². The summed E-state index contributed by atoms with van der Waals surface area (Å²) in [5, 5.41) is 2.95. The predicted molar refractivity (Wildman–Crippen MR) is 65.3 cm³/mol. The quantitative estimate of drug-likeness (QED) is 0.777. The SMILES string of the molecule is COC(=O)c1cc(Nc2cncnc2)ncc1N. The van der Waals surface area contributed by atoms with Gasteiger partial charge in [0.1, 0.15) is 12.1 Å². The molecule has 7 nitrogen and oxygen atoms in total. The van der Waals surface area contributed by atoms with Crippen molar-refractivity contribution in [2.75, 3.05) is 18.2 Å². The predicted octanol–water partition coefficient (Wildman–Crippen LogP) is 0.984. The minimum absolute atomic E-state index is 0.256. The van der Waals surface area contributed by atoms with Gasteiger partial charge in [0.2, 0.25) is 0 Å². The molecule has 0 unspecified atom stereocenters. The maximum absolute atomic E-state index is 11.5. The molecular formula is C11H11N5O2. The Labute approximate surface area is 103 Å². The molecule has 3 N–H and O–H groups in total. The Bertz CT molecular complexity index is 559. The fourth-order valence-electron chi connectivity index (χ4n) is 1.33. The van der Waals surface area contributed by atoms with Crippen LogP contribution >= 0.6 is 0 Å². The number of methoxy groups -OCH3 is 1. The van der Waals surface area contributed by atoms with Crippen molar-refractivity contribution < 1.29 is 9.53 Å². The van der Waals surface area contributed by atoms with Crippen molar-refractivity contribution in [2.24, 2.45) is 0 Å². The molecule has 2 aromatic rings. The number of ether oxygens (including phenoxy) is 1. The van der Waals surface area contributed by atoms with E-state index in [1.54, 1.807) is 12.4 Å². The molecule has 0 fully saturated rings. The van der Waals surface area contributed by atoms with E-state index in [4.69, 9.17) is 5.73 Å². The number of rotatable bonds is 3. The van der Waals surface area contributed by atoms with Crippen molar-refractivity contribution >= 4 is 23.2 Å². The third-order valence-corrected chi connectivity index (χ3v) is 2.17. The number of hydrogen-bond donors (Lipinski definition) is 2. The van der Waals surface area contributed by atoms with Crippen LogP contribution in [0.1, 0.15) is 10.4 Å². The fraction of sp³-hybridized carbons (Fsp3) is 0.0909. The summed E-state index contributed by atoms with van der Waals surface area (Å²) in [6, 6.07) is 1.51. The zero-order valence-corrected chi connectivity index (χ0v) is 9.62.